The van der Waals surface area contributed by atoms with E-state index in [-0.39, 0.29) is 0 Å². The molecule has 0 amide bonds. The molecule has 1 saturated heterocycles. The van der Waals surface area contributed by atoms with Crippen LogP contribution < -0.4 is 5.32 Å². The van der Waals surface area contributed by atoms with Gasteiger partial charge in [0, 0.05) is 31.2 Å². The van der Waals surface area contributed by atoms with E-state index in [1.54, 1.807) is 0 Å². The van der Waals surface area contributed by atoms with Gasteiger partial charge in [-0.15, -0.1) is 0 Å². The second kappa shape index (κ2) is 5.28. The standard InChI is InChI=1S/C12H27N3/c1-11-9-13-10-12(2,3)15(11)8-6-7-14(4)5/h11,13H,6-10H2,1-5H3. The maximum absolute atomic E-state index is 3.50. The number of piperazine rings is 1. The minimum absolute atomic E-state index is 0.310. The summed E-state index contributed by atoms with van der Waals surface area (Å²) < 4.78 is 0. The fourth-order valence-electron chi connectivity index (χ4n) is 2.48. The molecule has 1 N–H and O–H groups in total. The van der Waals surface area contributed by atoms with Gasteiger partial charge in [0.15, 0.2) is 0 Å². The molecule has 1 atom stereocenters. The van der Waals surface area contributed by atoms with Crippen molar-refractivity contribution in [3.63, 3.8) is 0 Å². The molecule has 0 aliphatic carbocycles. The van der Waals surface area contributed by atoms with Crippen LogP contribution in [0.5, 0.6) is 0 Å². The monoisotopic (exact) mass is 213 g/mol. The molecule has 0 saturated carbocycles. The third kappa shape index (κ3) is 3.74. The van der Waals surface area contributed by atoms with Crippen LogP contribution in [0.25, 0.3) is 0 Å². The molecule has 0 spiro atoms. The van der Waals surface area contributed by atoms with E-state index in [9.17, 15) is 0 Å². The molecule has 1 unspecified atom stereocenters. The Labute approximate surface area is 94.8 Å². The zero-order valence-electron chi connectivity index (χ0n) is 11.0. The zero-order valence-corrected chi connectivity index (χ0v) is 11.0. The van der Waals surface area contributed by atoms with Crippen LogP contribution in [0.2, 0.25) is 0 Å². The number of rotatable bonds is 4. The van der Waals surface area contributed by atoms with Crippen molar-refractivity contribution in [2.45, 2.75) is 38.8 Å². The molecule has 0 aromatic carbocycles. The van der Waals surface area contributed by atoms with E-state index in [0.717, 1.165) is 13.1 Å². The van der Waals surface area contributed by atoms with Gasteiger partial charge in [-0.2, -0.15) is 0 Å². The molecule has 15 heavy (non-hydrogen) atoms. The Morgan fingerprint density at radius 3 is 2.60 bits per heavy atom. The first kappa shape index (κ1) is 12.9. The molecule has 0 aromatic rings. The Kier molecular flexibility index (Phi) is 4.56. The van der Waals surface area contributed by atoms with Gasteiger partial charge in [-0.05, 0) is 47.8 Å². The van der Waals surface area contributed by atoms with Crippen LogP contribution in [0.4, 0.5) is 0 Å². The summed E-state index contributed by atoms with van der Waals surface area (Å²) in [5.41, 5.74) is 0.310. The Hall–Kier alpha value is -0.120. The van der Waals surface area contributed by atoms with Crippen molar-refractivity contribution < 1.29 is 0 Å². The molecule has 1 aliphatic heterocycles. The van der Waals surface area contributed by atoms with E-state index >= 15 is 0 Å². The Morgan fingerprint density at radius 2 is 2.07 bits per heavy atom. The fraction of sp³-hybridized carbons (Fsp3) is 1.00. The van der Waals surface area contributed by atoms with Gasteiger partial charge < -0.3 is 10.2 Å². The fourth-order valence-corrected chi connectivity index (χ4v) is 2.48. The lowest BCUT2D eigenvalue weighted by Gasteiger charge is -2.47. The summed E-state index contributed by atoms with van der Waals surface area (Å²) >= 11 is 0. The largest absolute Gasteiger partial charge is 0.313 e. The second-order valence-corrected chi connectivity index (χ2v) is 5.64. The van der Waals surface area contributed by atoms with Crippen molar-refractivity contribution in [3.05, 3.63) is 0 Å². The topological polar surface area (TPSA) is 18.5 Å². The van der Waals surface area contributed by atoms with Crippen molar-refractivity contribution in [3.8, 4) is 0 Å². The SMILES string of the molecule is CC1CNCC(C)(C)N1CCCN(C)C. The average Bonchev–Trinajstić information content (AvgIpc) is 2.09. The summed E-state index contributed by atoms with van der Waals surface area (Å²) in [6.07, 6.45) is 1.26. The normalized spacial score (nSPS) is 27.2. The van der Waals surface area contributed by atoms with Crippen LogP contribution in [-0.2, 0) is 0 Å². The molecule has 3 heteroatoms. The van der Waals surface area contributed by atoms with E-state index in [2.05, 4.69) is 50.0 Å². The van der Waals surface area contributed by atoms with E-state index in [4.69, 9.17) is 0 Å². The highest BCUT2D eigenvalue weighted by molar-refractivity contribution is 4.92. The quantitative estimate of drug-likeness (QED) is 0.752. The molecule has 3 nitrogen and oxygen atoms in total. The predicted octanol–water partition coefficient (Wildman–Crippen LogP) is 1.01. The lowest BCUT2D eigenvalue weighted by Crippen LogP contribution is -2.62. The number of nitrogens with zero attached hydrogens (tertiary/aromatic N) is 2. The molecule has 1 aliphatic rings. The van der Waals surface area contributed by atoms with Gasteiger partial charge in [-0.25, -0.2) is 0 Å². The van der Waals surface area contributed by atoms with Crippen molar-refractivity contribution in [2.75, 3.05) is 40.3 Å². The molecule has 1 rings (SSSR count). The maximum atomic E-state index is 3.50. The van der Waals surface area contributed by atoms with E-state index in [1.165, 1.54) is 19.5 Å². The van der Waals surface area contributed by atoms with Crippen LogP contribution in [0.3, 0.4) is 0 Å². The molecule has 0 bridgehead atoms. The van der Waals surface area contributed by atoms with Gasteiger partial charge in [0.05, 0.1) is 0 Å². The van der Waals surface area contributed by atoms with E-state index < -0.39 is 0 Å². The molecule has 0 radical (unpaired) electrons. The molecule has 90 valence electrons. The number of hydrogen-bond donors (Lipinski definition) is 1. The summed E-state index contributed by atoms with van der Waals surface area (Å²) in [6, 6.07) is 0.663. The smallest absolute Gasteiger partial charge is 0.0281 e. The van der Waals surface area contributed by atoms with Crippen LogP contribution in [0.15, 0.2) is 0 Å². The van der Waals surface area contributed by atoms with Crippen LogP contribution in [0, 0.1) is 0 Å². The first-order chi connectivity index (χ1) is 6.93. The van der Waals surface area contributed by atoms with Crippen LogP contribution in [0.1, 0.15) is 27.2 Å². The molecule has 0 aromatic heterocycles. The zero-order chi connectivity index (χ0) is 11.5. The Morgan fingerprint density at radius 1 is 1.40 bits per heavy atom. The number of nitrogens with one attached hydrogen (secondary N) is 1. The van der Waals surface area contributed by atoms with Crippen molar-refractivity contribution >= 4 is 0 Å². The minimum Gasteiger partial charge on any atom is -0.313 e. The lowest BCUT2D eigenvalue weighted by molar-refractivity contribution is 0.0427. The third-order valence-corrected chi connectivity index (χ3v) is 3.31. The highest BCUT2D eigenvalue weighted by atomic mass is 15.3. The van der Waals surface area contributed by atoms with E-state index in [1.807, 2.05) is 0 Å². The summed E-state index contributed by atoms with van der Waals surface area (Å²) in [7, 11) is 4.29. The molecule has 1 fully saturated rings. The van der Waals surface area contributed by atoms with Gasteiger partial charge in [0.25, 0.3) is 0 Å². The molecule has 1 heterocycles. The molecular formula is C12H27N3. The number of hydrogen-bond acceptors (Lipinski definition) is 3. The summed E-state index contributed by atoms with van der Waals surface area (Å²) in [4.78, 5) is 4.91. The van der Waals surface area contributed by atoms with E-state index in [0.29, 0.717) is 11.6 Å². The lowest BCUT2D eigenvalue weighted by atomic mass is 9.96. The van der Waals surface area contributed by atoms with Crippen molar-refractivity contribution in [1.29, 1.82) is 0 Å². The van der Waals surface area contributed by atoms with Gasteiger partial charge in [-0.1, -0.05) is 0 Å². The minimum atomic E-state index is 0.310. The van der Waals surface area contributed by atoms with Crippen molar-refractivity contribution in [2.24, 2.45) is 0 Å². The van der Waals surface area contributed by atoms with Crippen molar-refractivity contribution in [1.82, 2.24) is 15.1 Å². The first-order valence-electron chi connectivity index (χ1n) is 6.05. The maximum Gasteiger partial charge on any atom is 0.0281 e. The predicted molar refractivity (Wildman–Crippen MR) is 66.3 cm³/mol. The molecular weight excluding hydrogens is 186 g/mol. The van der Waals surface area contributed by atoms with Crippen LogP contribution in [-0.4, -0.2) is 61.7 Å². The van der Waals surface area contributed by atoms with Crippen LogP contribution >= 0.6 is 0 Å². The second-order valence-electron chi connectivity index (χ2n) is 5.64. The van der Waals surface area contributed by atoms with Gasteiger partial charge in [0.2, 0.25) is 0 Å². The van der Waals surface area contributed by atoms with Gasteiger partial charge in [-0.3, -0.25) is 4.90 Å². The van der Waals surface area contributed by atoms with Gasteiger partial charge >= 0.3 is 0 Å². The highest BCUT2D eigenvalue weighted by Gasteiger charge is 2.33. The average molecular weight is 213 g/mol. The Bertz CT molecular complexity index is 189. The summed E-state index contributed by atoms with van der Waals surface area (Å²) in [6.45, 7) is 11.6. The van der Waals surface area contributed by atoms with Gasteiger partial charge in [0.1, 0.15) is 0 Å². The first-order valence-corrected chi connectivity index (χ1v) is 6.05. The summed E-state index contributed by atoms with van der Waals surface area (Å²) in [5.74, 6) is 0. The third-order valence-electron chi connectivity index (χ3n) is 3.31. The highest BCUT2D eigenvalue weighted by Crippen LogP contribution is 2.20. The Balaban J connectivity index is 2.41. The summed E-state index contributed by atoms with van der Waals surface area (Å²) in [5, 5.41) is 3.50.